The van der Waals surface area contributed by atoms with Gasteiger partial charge >= 0.3 is 17.1 Å². The second-order valence-electron chi connectivity index (χ2n) is 8.45. The third kappa shape index (κ3) is 11.7. The minimum absolute atomic E-state index is 0.220. The molecule has 11 heteroatoms. The molecule has 0 N–H and O–H groups in total. The molecule has 0 spiro atoms. The van der Waals surface area contributed by atoms with Crippen molar-refractivity contribution in [3.63, 3.8) is 0 Å². The van der Waals surface area contributed by atoms with Gasteiger partial charge in [0.2, 0.25) is 12.2 Å². The highest BCUT2D eigenvalue weighted by Gasteiger charge is 2.15. The van der Waals surface area contributed by atoms with Crippen LogP contribution in [0.15, 0.2) is 24.4 Å². The maximum atomic E-state index is 13.0. The van der Waals surface area contributed by atoms with Gasteiger partial charge in [0.05, 0.1) is 13.1 Å². The Morgan fingerprint density at radius 2 is 0.886 bits per heavy atom. The number of unbranched alkanes of at least 4 members (excludes halogenated alkanes) is 10. The number of rotatable bonds is 21. The van der Waals surface area contributed by atoms with Gasteiger partial charge in [-0.25, -0.2) is 47.7 Å². The van der Waals surface area contributed by atoms with Gasteiger partial charge in [0.15, 0.2) is 0 Å². The summed E-state index contributed by atoms with van der Waals surface area (Å²) in [7, 11) is 0. The number of aliphatic imine (C=N–C) groups is 2. The van der Waals surface area contributed by atoms with Crippen LogP contribution in [-0.2, 0) is 34.0 Å². The van der Waals surface area contributed by atoms with Crippen molar-refractivity contribution in [2.45, 2.75) is 103 Å². The molecule has 11 nitrogen and oxygen atoms in total. The third-order valence-electron chi connectivity index (χ3n) is 5.77. The van der Waals surface area contributed by atoms with Crippen LogP contribution in [0.1, 0.15) is 83.5 Å². The van der Waals surface area contributed by atoms with Crippen LogP contribution >= 0.6 is 0 Å². The van der Waals surface area contributed by atoms with E-state index in [0.29, 0.717) is 38.8 Å². The summed E-state index contributed by atoms with van der Waals surface area (Å²) >= 11 is 0. The number of carbonyl (C=O) groups excluding carboxylic acids is 3. The fraction of sp³-hybridized carbons (Fsp3) is 0.750. The van der Waals surface area contributed by atoms with E-state index in [9.17, 15) is 28.8 Å². The second-order valence-corrected chi connectivity index (χ2v) is 8.45. The zero-order chi connectivity index (χ0) is 25.7. The number of aldehydes is 1. The first-order valence-corrected chi connectivity index (χ1v) is 12.5. The lowest BCUT2D eigenvalue weighted by molar-refractivity contribution is -0.107. The van der Waals surface area contributed by atoms with Gasteiger partial charge in [0, 0.05) is 26.1 Å². The number of isocyanates is 2. The standard InChI is InChI=1S/C24H37N5O6/c30-19-13-7-1-4-10-16-27-22(33)28(17-11-5-2-8-14-25-20-31)24(35)29(23(27)34)18-12-6-3-9-15-26-21-32/h19H,1-18H2. The average molecular weight is 492 g/mol. The van der Waals surface area contributed by atoms with E-state index in [2.05, 4.69) is 9.98 Å². The predicted molar refractivity (Wildman–Crippen MR) is 131 cm³/mol. The van der Waals surface area contributed by atoms with Crippen molar-refractivity contribution in [1.29, 1.82) is 0 Å². The molecule has 0 atom stereocenters. The van der Waals surface area contributed by atoms with Crippen LogP contribution in [0.4, 0.5) is 0 Å². The highest BCUT2D eigenvalue weighted by molar-refractivity contribution is 5.48. The van der Waals surface area contributed by atoms with Crippen LogP contribution in [0.25, 0.3) is 0 Å². The Hall–Kier alpha value is -3.16. The second kappa shape index (κ2) is 19.2. The minimum Gasteiger partial charge on any atom is -0.303 e. The van der Waals surface area contributed by atoms with E-state index in [1.807, 2.05) is 0 Å². The van der Waals surface area contributed by atoms with Crippen LogP contribution in [0.5, 0.6) is 0 Å². The van der Waals surface area contributed by atoms with Crippen LogP contribution in [0, 0.1) is 0 Å². The molecule has 194 valence electrons. The first-order chi connectivity index (χ1) is 17.1. The molecule has 0 fully saturated rings. The Balaban J connectivity index is 2.89. The molecule has 0 bridgehead atoms. The summed E-state index contributed by atoms with van der Waals surface area (Å²) in [6.45, 7) is 1.49. The fourth-order valence-electron chi connectivity index (χ4n) is 3.83. The molecule has 1 heterocycles. The summed E-state index contributed by atoms with van der Waals surface area (Å²) in [5.41, 5.74) is -1.75. The summed E-state index contributed by atoms with van der Waals surface area (Å²) < 4.78 is 3.45. The van der Waals surface area contributed by atoms with Crippen molar-refractivity contribution in [2.75, 3.05) is 13.1 Å². The van der Waals surface area contributed by atoms with Gasteiger partial charge in [-0.3, -0.25) is 0 Å². The highest BCUT2D eigenvalue weighted by atomic mass is 16.2. The monoisotopic (exact) mass is 491 g/mol. The Labute approximate surface area is 204 Å². The van der Waals surface area contributed by atoms with Crippen molar-refractivity contribution in [1.82, 2.24) is 13.7 Å². The molecule has 0 saturated heterocycles. The lowest BCUT2D eigenvalue weighted by Crippen LogP contribution is -2.54. The van der Waals surface area contributed by atoms with E-state index < -0.39 is 17.1 Å². The van der Waals surface area contributed by atoms with E-state index in [1.54, 1.807) is 0 Å². The lowest BCUT2D eigenvalue weighted by Gasteiger charge is -2.14. The fourth-order valence-corrected chi connectivity index (χ4v) is 3.83. The van der Waals surface area contributed by atoms with Crippen molar-refractivity contribution in [2.24, 2.45) is 9.98 Å². The Morgan fingerprint density at radius 3 is 1.23 bits per heavy atom. The molecule has 0 unspecified atom stereocenters. The molecule has 1 aromatic rings. The van der Waals surface area contributed by atoms with Crippen LogP contribution in [0.2, 0.25) is 0 Å². The first-order valence-electron chi connectivity index (χ1n) is 12.5. The van der Waals surface area contributed by atoms with Crippen molar-refractivity contribution in [3.8, 4) is 0 Å². The van der Waals surface area contributed by atoms with E-state index in [1.165, 1.54) is 12.2 Å². The molecule has 0 aromatic carbocycles. The van der Waals surface area contributed by atoms with Gasteiger partial charge in [-0.15, -0.1) is 0 Å². The summed E-state index contributed by atoms with van der Waals surface area (Å²) in [4.78, 5) is 76.6. The van der Waals surface area contributed by atoms with Gasteiger partial charge in [0.1, 0.15) is 6.29 Å². The molecule has 1 rings (SSSR count). The number of aromatic nitrogens is 3. The molecule has 0 amide bonds. The molecule has 1 aromatic heterocycles. The summed E-state index contributed by atoms with van der Waals surface area (Å²) in [5.74, 6) is 0. The Bertz CT molecular complexity index is 960. The smallest absolute Gasteiger partial charge is 0.303 e. The molecule has 0 aliphatic rings. The summed E-state index contributed by atoms with van der Waals surface area (Å²) in [6, 6.07) is 0. The van der Waals surface area contributed by atoms with Crippen molar-refractivity contribution in [3.05, 3.63) is 31.5 Å². The number of hydrogen-bond donors (Lipinski definition) is 0. The summed E-state index contributed by atoms with van der Waals surface area (Å²) in [6.07, 6.45) is 13.2. The molecule has 0 aliphatic heterocycles. The van der Waals surface area contributed by atoms with Gasteiger partial charge in [-0.1, -0.05) is 38.5 Å². The van der Waals surface area contributed by atoms with Gasteiger partial charge in [-0.05, 0) is 38.5 Å². The van der Waals surface area contributed by atoms with E-state index in [0.717, 1.165) is 77.8 Å². The van der Waals surface area contributed by atoms with Gasteiger partial charge in [0.25, 0.3) is 0 Å². The number of carbonyl (C=O) groups is 1. The van der Waals surface area contributed by atoms with Gasteiger partial charge in [-0.2, -0.15) is 0 Å². The largest absolute Gasteiger partial charge is 0.336 e. The summed E-state index contributed by atoms with van der Waals surface area (Å²) in [5, 5.41) is 0. The van der Waals surface area contributed by atoms with Crippen molar-refractivity contribution < 1.29 is 14.4 Å². The Kier molecular flexibility index (Phi) is 16.4. The zero-order valence-electron chi connectivity index (χ0n) is 20.5. The van der Waals surface area contributed by atoms with Gasteiger partial charge < -0.3 is 4.79 Å². The molecule has 0 aliphatic carbocycles. The highest BCUT2D eigenvalue weighted by Crippen LogP contribution is 2.04. The molecule has 0 radical (unpaired) electrons. The van der Waals surface area contributed by atoms with Crippen molar-refractivity contribution >= 4 is 18.4 Å². The average Bonchev–Trinajstić information content (AvgIpc) is 2.85. The maximum absolute atomic E-state index is 13.0. The molecular weight excluding hydrogens is 454 g/mol. The minimum atomic E-state index is -0.585. The normalized spacial score (nSPS) is 10.5. The maximum Gasteiger partial charge on any atom is 0.336 e. The molecule has 0 saturated carbocycles. The lowest BCUT2D eigenvalue weighted by atomic mass is 10.1. The number of hydrogen-bond acceptors (Lipinski definition) is 8. The molecular formula is C24H37N5O6. The quantitative estimate of drug-likeness (QED) is 0.112. The topological polar surface area (TPSA) is 142 Å². The number of nitrogens with zero attached hydrogens (tertiary/aromatic N) is 5. The van der Waals surface area contributed by atoms with E-state index in [4.69, 9.17) is 0 Å². The van der Waals surface area contributed by atoms with E-state index in [-0.39, 0.29) is 19.6 Å². The Morgan fingerprint density at radius 1 is 0.543 bits per heavy atom. The molecule has 35 heavy (non-hydrogen) atoms. The van der Waals surface area contributed by atoms with Crippen LogP contribution in [0.3, 0.4) is 0 Å². The van der Waals surface area contributed by atoms with Crippen LogP contribution in [-0.4, -0.2) is 45.2 Å². The SMILES string of the molecule is O=C=NCCCCCCn1c(=O)n(CCCCCCC=O)c(=O)n(CCCCCCN=C=O)c1=O. The van der Waals surface area contributed by atoms with Crippen LogP contribution < -0.4 is 17.1 Å². The third-order valence-corrected chi connectivity index (χ3v) is 5.77. The predicted octanol–water partition coefficient (Wildman–Crippen LogP) is 2.11. The van der Waals surface area contributed by atoms with E-state index >= 15 is 0 Å². The first kappa shape index (κ1) is 29.9. The zero-order valence-corrected chi connectivity index (χ0v) is 20.5.